The Bertz CT molecular complexity index is 1300. The first-order valence-corrected chi connectivity index (χ1v) is 10.4. The number of fused-ring (bicyclic) bond motifs is 1. The van der Waals surface area contributed by atoms with Crippen molar-refractivity contribution in [3.63, 3.8) is 0 Å². The summed E-state index contributed by atoms with van der Waals surface area (Å²) in [5, 5.41) is 31.6. The fourth-order valence-corrected chi connectivity index (χ4v) is 3.80. The molecule has 3 aromatic carbocycles. The molecule has 0 saturated carbocycles. The van der Waals surface area contributed by atoms with Gasteiger partial charge in [-0.05, 0) is 41.8 Å². The average Bonchev–Trinajstić information content (AvgIpc) is 3.20. The Morgan fingerprint density at radius 2 is 1.79 bits per heavy atom. The number of aromatic hydroxyl groups is 2. The molecule has 0 saturated heterocycles. The molecule has 4 rings (SSSR count). The van der Waals surface area contributed by atoms with Crippen LogP contribution < -0.4 is 5.32 Å². The molecule has 33 heavy (non-hydrogen) atoms. The molecule has 0 fully saturated rings. The standard InChI is InChI=1S/C25H23N3O5/c29-19-9-6-17(23(30)13-19)7-11-24(31)27-18-8-10-20-22(12-18)28(15-26-20)21(14-25(32)33)16-4-2-1-3-5-16/h1-6,8-10,12-13,15,21,29-30H,7,11,14H2,(H,27,31)(H,32,33). The van der Waals surface area contributed by atoms with Gasteiger partial charge in [-0.15, -0.1) is 0 Å². The van der Waals surface area contributed by atoms with Gasteiger partial charge in [0.25, 0.3) is 0 Å². The quantitative estimate of drug-likeness (QED) is 0.324. The summed E-state index contributed by atoms with van der Waals surface area (Å²) in [5.74, 6) is -1.26. The summed E-state index contributed by atoms with van der Waals surface area (Å²) >= 11 is 0. The highest BCUT2D eigenvalue weighted by atomic mass is 16.4. The molecule has 1 heterocycles. The van der Waals surface area contributed by atoms with E-state index < -0.39 is 12.0 Å². The molecule has 1 unspecified atom stereocenters. The normalized spacial score (nSPS) is 11.9. The van der Waals surface area contributed by atoms with Crippen LogP contribution in [0.1, 0.15) is 30.0 Å². The van der Waals surface area contributed by atoms with Crippen LogP contribution in [0.3, 0.4) is 0 Å². The van der Waals surface area contributed by atoms with Crippen LogP contribution in [-0.4, -0.2) is 36.7 Å². The molecule has 4 N–H and O–H groups in total. The highest BCUT2D eigenvalue weighted by molar-refractivity contribution is 5.93. The number of imidazole rings is 1. The number of anilines is 1. The maximum Gasteiger partial charge on any atom is 0.305 e. The Balaban J connectivity index is 1.54. The fraction of sp³-hybridized carbons (Fsp3) is 0.160. The summed E-state index contributed by atoms with van der Waals surface area (Å²) < 4.78 is 1.81. The van der Waals surface area contributed by atoms with Crippen molar-refractivity contribution < 1.29 is 24.9 Å². The fourth-order valence-electron chi connectivity index (χ4n) is 3.80. The van der Waals surface area contributed by atoms with E-state index in [-0.39, 0.29) is 30.2 Å². The van der Waals surface area contributed by atoms with Gasteiger partial charge in [0.05, 0.1) is 29.8 Å². The van der Waals surface area contributed by atoms with Crippen molar-refractivity contribution in [2.24, 2.45) is 0 Å². The predicted molar refractivity (Wildman–Crippen MR) is 123 cm³/mol. The van der Waals surface area contributed by atoms with Crippen LogP contribution in [0.25, 0.3) is 11.0 Å². The number of hydrogen-bond acceptors (Lipinski definition) is 5. The number of phenolic OH excluding ortho intramolecular Hbond substituents is 2. The zero-order chi connectivity index (χ0) is 23.4. The molecule has 0 aliphatic rings. The number of nitrogens with one attached hydrogen (secondary N) is 1. The number of aliphatic carboxylic acids is 1. The van der Waals surface area contributed by atoms with Crippen molar-refractivity contribution in [2.75, 3.05) is 5.32 Å². The van der Waals surface area contributed by atoms with Gasteiger partial charge in [-0.25, -0.2) is 4.98 Å². The molecule has 0 spiro atoms. The van der Waals surface area contributed by atoms with Gasteiger partial charge >= 0.3 is 5.97 Å². The molecule has 0 aliphatic heterocycles. The molecular weight excluding hydrogens is 422 g/mol. The van der Waals surface area contributed by atoms with E-state index in [4.69, 9.17) is 0 Å². The zero-order valence-electron chi connectivity index (χ0n) is 17.7. The molecule has 1 aromatic heterocycles. The third-order valence-corrected chi connectivity index (χ3v) is 5.44. The highest BCUT2D eigenvalue weighted by Crippen LogP contribution is 2.28. The second-order valence-electron chi connectivity index (χ2n) is 7.74. The first-order chi connectivity index (χ1) is 15.9. The molecule has 8 nitrogen and oxygen atoms in total. The van der Waals surface area contributed by atoms with Crippen LogP contribution in [0.4, 0.5) is 5.69 Å². The van der Waals surface area contributed by atoms with E-state index >= 15 is 0 Å². The van der Waals surface area contributed by atoms with Crippen molar-refractivity contribution in [1.29, 1.82) is 0 Å². The van der Waals surface area contributed by atoms with Crippen LogP contribution in [0, 0.1) is 0 Å². The molecule has 168 valence electrons. The largest absolute Gasteiger partial charge is 0.508 e. The lowest BCUT2D eigenvalue weighted by molar-refractivity contribution is -0.137. The van der Waals surface area contributed by atoms with Gasteiger partial charge in [0, 0.05) is 18.2 Å². The third-order valence-electron chi connectivity index (χ3n) is 5.44. The number of phenols is 2. The van der Waals surface area contributed by atoms with E-state index in [9.17, 15) is 24.9 Å². The van der Waals surface area contributed by atoms with Crippen molar-refractivity contribution >= 4 is 28.6 Å². The van der Waals surface area contributed by atoms with Crippen LogP contribution >= 0.6 is 0 Å². The number of aryl methyl sites for hydroxylation is 1. The van der Waals surface area contributed by atoms with Crippen LogP contribution in [0.15, 0.2) is 73.1 Å². The second kappa shape index (κ2) is 9.44. The number of carboxylic acids is 1. The molecular formula is C25H23N3O5. The summed E-state index contributed by atoms with van der Waals surface area (Å²) in [5.41, 5.74) is 3.37. The first kappa shape index (κ1) is 21.9. The lowest BCUT2D eigenvalue weighted by Crippen LogP contribution is -2.15. The minimum Gasteiger partial charge on any atom is -0.508 e. The third kappa shape index (κ3) is 5.12. The monoisotopic (exact) mass is 445 g/mol. The molecule has 0 aliphatic carbocycles. The molecule has 1 atom stereocenters. The molecule has 1 amide bonds. The van der Waals surface area contributed by atoms with E-state index in [1.54, 1.807) is 30.6 Å². The van der Waals surface area contributed by atoms with Crippen molar-refractivity contribution in [3.05, 3.63) is 84.2 Å². The number of carboxylic acid groups (broad SMARTS) is 1. The number of carbonyl (C=O) groups is 2. The number of carbonyl (C=O) groups excluding carboxylic acids is 1. The predicted octanol–water partition coefficient (Wildman–Crippen LogP) is 4.08. The van der Waals surface area contributed by atoms with Gasteiger partial charge in [-0.2, -0.15) is 0 Å². The van der Waals surface area contributed by atoms with Crippen molar-refractivity contribution in [3.8, 4) is 11.5 Å². The number of rotatable bonds is 8. The zero-order valence-corrected chi connectivity index (χ0v) is 17.7. The van der Waals surface area contributed by atoms with E-state index in [0.717, 1.165) is 5.56 Å². The Labute approximate surface area is 189 Å². The molecule has 4 aromatic rings. The molecule has 0 bridgehead atoms. The lowest BCUT2D eigenvalue weighted by Gasteiger charge is -2.18. The highest BCUT2D eigenvalue weighted by Gasteiger charge is 2.20. The average molecular weight is 445 g/mol. The van der Waals surface area contributed by atoms with Gasteiger partial charge in [0.1, 0.15) is 11.5 Å². The minimum atomic E-state index is -0.923. The number of nitrogens with zero attached hydrogens (tertiary/aromatic N) is 2. The maximum absolute atomic E-state index is 12.5. The van der Waals surface area contributed by atoms with Gasteiger partial charge in [-0.3, -0.25) is 9.59 Å². The van der Waals surface area contributed by atoms with E-state index in [0.29, 0.717) is 28.7 Å². The number of aromatic nitrogens is 2. The van der Waals surface area contributed by atoms with Crippen molar-refractivity contribution in [1.82, 2.24) is 9.55 Å². The topological polar surface area (TPSA) is 125 Å². The van der Waals surface area contributed by atoms with E-state index in [2.05, 4.69) is 10.3 Å². The van der Waals surface area contributed by atoms with Crippen LogP contribution in [0.2, 0.25) is 0 Å². The SMILES string of the molecule is O=C(O)CC(c1ccccc1)n1cnc2ccc(NC(=O)CCc3ccc(O)cc3O)cc21. The van der Waals surface area contributed by atoms with E-state index in [1.165, 1.54) is 12.1 Å². The number of benzene rings is 3. The van der Waals surface area contributed by atoms with Crippen molar-refractivity contribution in [2.45, 2.75) is 25.3 Å². The smallest absolute Gasteiger partial charge is 0.305 e. The summed E-state index contributed by atoms with van der Waals surface area (Å²) in [6.07, 6.45) is 1.96. The Kier molecular flexibility index (Phi) is 6.26. The van der Waals surface area contributed by atoms with Crippen LogP contribution in [-0.2, 0) is 16.0 Å². The number of amides is 1. The summed E-state index contributed by atoms with van der Waals surface area (Å²) in [6, 6.07) is 18.5. The lowest BCUT2D eigenvalue weighted by atomic mass is 10.0. The maximum atomic E-state index is 12.5. The second-order valence-corrected chi connectivity index (χ2v) is 7.74. The van der Waals surface area contributed by atoms with Crippen LogP contribution in [0.5, 0.6) is 11.5 Å². The van der Waals surface area contributed by atoms with E-state index in [1.807, 2.05) is 34.9 Å². The Hall–Kier alpha value is -4.33. The first-order valence-electron chi connectivity index (χ1n) is 10.4. The van der Waals surface area contributed by atoms with Gasteiger partial charge in [-0.1, -0.05) is 36.4 Å². The Morgan fingerprint density at radius 1 is 1.00 bits per heavy atom. The Morgan fingerprint density at radius 3 is 2.52 bits per heavy atom. The summed E-state index contributed by atoms with van der Waals surface area (Å²) in [6.45, 7) is 0. The molecule has 0 radical (unpaired) electrons. The van der Waals surface area contributed by atoms with Gasteiger partial charge < -0.3 is 25.2 Å². The minimum absolute atomic E-state index is 0.0395. The summed E-state index contributed by atoms with van der Waals surface area (Å²) in [4.78, 5) is 28.4. The molecule has 8 heteroatoms. The summed E-state index contributed by atoms with van der Waals surface area (Å²) in [7, 11) is 0. The van der Waals surface area contributed by atoms with Gasteiger partial charge in [0.2, 0.25) is 5.91 Å². The van der Waals surface area contributed by atoms with Gasteiger partial charge in [0.15, 0.2) is 0 Å². The number of hydrogen-bond donors (Lipinski definition) is 4.